The van der Waals surface area contributed by atoms with Gasteiger partial charge in [-0.15, -0.1) is 5.10 Å². The van der Waals surface area contributed by atoms with E-state index in [4.69, 9.17) is 10.2 Å². The molecule has 76 valence electrons. The van der Waals surface area contributed by atoms with Gasteiger partial charge in [-0.05, 0) is 11.8 Å². The van der Waals surface area contributed by atoms with Gasteiger partial charge in [0, 0.05) is 19.5 Å². The number of fused-ring (bicyclic) bond motifs is 1. The fourth-order valence-electron chi connectivity index (χ4n) is 2.80. The van der Waals surface area contributed by atoms with Crippen LogP contribution in [0.2, 0.25) is 0 Å². The highest BCUT2D eigenvalue weighted by Crippen LogP contribution is 2.46. The monoisotopic (exact) mass is 194 g/mol. The average Bonchev–Trinajstić information content (AvgIpc) is 2.78. The van der Waals surface area contributed by atoms with Gasteiger partial charge in [0.25, 0.3) is 0 Å². The van der Waals surface area contributed by atoms with Gasteiger partial charge >= 0.3 is 6.01 Å². The van der Waals surface area contributed by atoms with E-state index in [1.54, 1.807) is 6.92 Å². The number of anilines is 1. The molecule has 2 N–H and O–H groups in total. The molecule has 1 aliphatic carbocycles. The van der Waals surface area contributed by atoms with E-state index in [1.807, 2.05) is 0 Å². The summed E-state index contributed by atoms with van der Waals surface area (Å²) in [5.41, 5.74) is 6.02. The largest absolute Gasteiger partial charge is 0.408 e. The minimum absolute atomic E-state index is 0.289. The number of aryl methyl sites for hydroxylation is 1. The first kappa shape index (κ1) is 8.23. The van der Waals surface area contributed by atoms with E-state index >= 15 is 0 Å². The summed E-state index contributed by atoms with van der Waals surface area (Å²) >= 11 is 0. The molecule has 4 rings (SSSR count). The predicted octanol–water partition coefficient (Wildman–Crippen LogP) is 0.160. The molecule has 0 spiro atoms. The molecule has 0 amide bonds. The highest BCUT2D eigenvalue weighted by Gasteiger charge is 2.57. The van der Waals surface area contributed by atoms with E-state index in [9.17, 15) is 0 Å². The Morgan fingerprint density at radius 2 is 2.29 bits per heavy atom. The highest BCUT2D eigenvalue weighted by atomic mass is 16.4. The normalized spacial score (nSPS) is 40.1. The summed E-state index contributed by atoms with van der Waals surface area (Å²) in [5, 5.41) is 7.86. The zero-order chi connectivity index (χ0) is 9.87. The maximum atomic E-state index is 6.02. The van der Waals surface area contributed by atoms with Crippen molar-refractivity contribution in [3.63, 3.8) is 0 Å². The lowest BCUT2D eigenvalue weighted by Gasteiger charge is -2.39. The lowest BCUT2D eigenvalue weighted by Crippen LogP contribution is -2.56. The molecule has 5 heteroatoms. The van der Waals surface area contributed by atoms with Crippen LogP contribution in [0.1, 0.15) is 12.8 Å². The number of hydrogen-bond acceptors (Lipinski definition) is 5. The molecule has 4 atom stereocenters. The molecular weight excluding hydrogens is 180 g/mol. The second kappa shape index (κ2) is 2.48. The summed E-state index contributed by atoms with van der Waals surface area (Å²) in [7, 11) is 0. The first-order valence-corrected chi connectivity index (χ1v) is 5.01. The van der Waals surface area contributed by atoms with Gasteiger partial charge in [-0.1, -0.05) is 12.0 Å². The van der Waals surface area contributed by atoms with Gasteiger partial charge in [0.1, 0.15) is 0 Å². The van der Waals surface area contributed by atoms with Crippen molar-refractivity contribution in [2.24, 2.45) is 17.6 Å². The molecular formula is C9H14N4O. The maximum absolute atomic E-state index is 6.02. The third-order valence-corrected chi connectivity index (χ3v) is 3.63. The van der Waals surface area contributed by atoms with Gasteiger partial charge in [-0.3, -0.25) is 0 Å². The van der Waals surface area contributed by atoms with Crippen molar-refractivity contribution in [2.45, 2.75) is 25.9 Å². The second-order valence-corrected chi connectivity index (χ2v) is 4.35. The molecule has 3 fully saturated rings. The third kappa shape index (κ3) is 0.829. The van der Waals surface area contributed by atoms with Crippen molar-refractivity contribution in [1.29, 1.82) is 0 Å². The van der Waals surface area contributed by atoms with Crippen molar-refractivity contribution in [1.82, 2.24) is 10.2 Å². The van der Waals surface area contributed by atoms with Crippen LogP contribution in [0.15, 0.2) is 4.42 Å². The van der Waals surface area contributed by atoms with Crippen LogP contribution >= 0.6 is 0 Å². The molecule has 2 bridgehead atoms. The van der Waals surface area contributed by atoms with E-state index in [0.717, 1.165) is 6.54 Å². The zero-order valence-corrected chi connectivity index (χ0v) is 8.34. The van der Waals surface area contributed by atoms with Gasteiger partial charge in [0.2, 0.25) is 5.89 Å². The van der Waals surface area contributed by atoms with Crippen LogP contribution < -0.4 is 10.6 Å². The molecule has 1 saturated carbocycles. The number of nitrogens with two attached hydrogens (primary N) is 1. The average molecular weight is 194 g/mol. The van der Waals surface area contributed by atoms with Crippen LogP contribution in [-0.4, -0.2) is 28.8 Å². The zero-order valence-electron chi connectivity index (χ0n) is 8.34. The predicted molar refractivity (Wildman–Crippen MR) is 50.8 cm³/mol. The van der Waals surface area contributed by atoms with Crippen LogP contribution in [0.25, 0.3) is 0 Å². The standard InChI is InChI=1S/C9H14N4O/c1-4-6-3-13(8(4)7(6)10)9-12-11-5(2)14-9/h4,6-8H,3,10H2,1-2H3/t4-,6?,7?,8?/m1/s1. The van der Waals surface area contributed by atoms with Crippen LogP contribution in [0.3, 0.4) is 0 Å². The summed E-state index contributed by atoms with van der Waals surface area (Å²) in [6.45, 7) is 5.01. The van der Waals surface area contributed by atoms with Gasteiger partial charge in [-0.2, -0.15) is 0 Å². The van der Waals surface area contributed by atoms with E-state index < -0.39 is 0 Å². The van der Waals surface area contributed by atoms with Crippen LogP contribution in [0, 0.1) is 18.8 Å². The fourth-order valence-corrected chi connectivity index (χ4v) is 2.80. The summed E-state index contributed by atoms with van der Waals surface area (Å²) < 4.78 is 5.41. The first-order valence-electron chi connectivity index (χ1n) is 5.01. The van der Waals surface area contributed by atoms with E-state index in [0.29, 0.717) is 29.8 Å². The first-order chi connectivity index (χ1) is 6.68. The van der Waals surface area contributed by atoms with Gasteiger partial charge < -0.3 is 15.1 Å². The Morgan fingerprint density at radius 1 is 1.50 bits per heavy atom. The molecule has 3 unspecified atom stereocenters. The molecule has 3 heterocycles. The minimum Gasteiger partial charge on any atom is -0.408 e. The van der Waals surface area contributed by atoms with E-state index in [2.05, 4.69) is 22.0 Å². The second-order valence-electron chi connectivity index (χ2n) is 4.35. The van der Waals surface area contributed by atoms with Crippen molar-refractivity contribution in [3.05, 3.63) is 5.89 Å². The number of rotatable bonds is 1. The summed E-state index contributed by atoms with van der Waals surface area (Å²) in [5.74, 6) is 1.88. The third-order valence-electron chi connectivity index (χ3n) is 3.63. The maximum Gasteiger partial charge on any atom is 0.318 e. The Hall–Kier alpha value is -1.10. The minimum atomic E-state index is 0.289. The SMILES string of the molecule is Cc1nnc(N2CC3C(N)C2[C@@H]3C)o1. The molecule has 0 aromatic carbocycles. The Bertz CT molecular complexity index is 353. The molecule has 5 nitrogen and oxygen atoms in total. The van der Waals surface area contributed by atoms with Crippen LogP contribution in [-0.2, 0) is 0 Å². The molecule has 3 aliphatic rings. The molecule has 1 aromatic rings. The Labute approximate surface area is 82.3 Å². The molecule has 14 heavy (non-hydrogen) atoms. The van der Waals surface area contributed by atoms with Crippen molar-refractivity contribution < 1.29 is 4.42 Å². The smallest absolute Gasteiger partial charge is 0.318 e. The van der Waals surface area contributed by atoms with Gasteiger partial charge in [-0.25, -0.2) is 0 Å². The summed E-state index contributed by atoms with van der Waals surface area (Å²) in [6, 6.07) is 1.33. The van der Waals surface area contributed by atoms with E-state index in [1.165, 1.54) is 0 Å². The molecule has 2 saturated heterocycles. The number of nitrogens with zero attached hydrogens (tertiary/aromatic N) is 3. The lowest BCUT2D eigenvalue weighted by atomic mass is 9.71. The topological polar surface area (TPSA) is 68.2 Å². The van der Waals surface area contributed by atoms with Crippen molar-refractivity contribution >= 4 is 6.01 Å². The van der Waals surface area contributed by atoms with Gasteiger partial charge in [0.05, 0.1) is 6.04 Å². The van der Waals surface area contributed by atoms with Crippen molar-refractivity contribution in [2.75, 3.05) is 11.4 Å². The van der Waals surface area contributed by atoms with Crippen molar-refractivity contribution in [3.8, 4) is 0 Å². The molecule has 2 aliphatic heterocycles. The number of hydrogen-bond donors (Lipinski definition) is 1. The quantitative estimate of drug-likeness (QED) is 0.689. The van der Waals surface area contributed by atoms with Gasteiger partial charge in [0.15, 0.2) is 0 Å². The number of aromatic nitrogens is 2. The van der Waals surface area contributed by atoms with Crippen LogP contribution in [0.4, 0.5) is 6.01 Å². The Balaban J connectivity index is 1.89. The Morgan fingerprint density at radius 3 is 2.71 bits per heavy atom. The van der Waals surface area contributed by atoms with E-state index in [-0.39, 0.29) is 6.04 Å². The highest BCUT2D eigenvalue weighted by molar-refractivity contribution is 5.38. The summed E-state index contributed by atoms with van der Waals surface area (Å²) in [4.78, 5) is 2.15. The lowest BCUT2D eigenvalue weighted by molar-refractivity contribution is 0.196. The summed E-state index contributed by atoms with van der Waals surface area (Å²) in [6.07, 6.45) is 0. The fraction of sp³-hybridized carbons (Fsp3) is 0.778. The van der Waals surface area contributed by atoms with Crippen LogP contribution in [0.5, 0.6) is 0 Å². The molecule has 1 aromatic heterocycles. The molecule has 0 radical (unpaired) electrons. The Kier molecular flexibility index (Phi) is 1.45.